The molecule has 0 aliphatic rings. The highest BCUT2D eigenvalue weighted by Gasteiger charge is 2.59. The first kappa shape index (κ1) is 25.3. The molecule has 0 aromatic heterocycles. The summed E-state index contributed by atoms with van der Waals surface area (Å²) in [7, 11) is 0. The van der Waals surface area contributed by atoms with E-state index in [4.69, 9.17) is 9.47 Å². The number of hydrogen-bond donors (Lipinski definition) is 2. The van der Waals surface area contributed by atoms with Crippen LogP contribution in [0.1, 0.15) is 78.6 Å². The van der Waals surface area contributed by atoms with Crippen molar-refractivity contribution in [1.82, 2.24) is 0 Å². The minimum absolute atomic E-state index is 0.243. The Morgan fingerprint density at radius 1 is 0.963 bits per heavy atom. The van der Waals surface area contributed by atoms with Crippen molar-refractivity contribution < 1.29 is 29.3 Å². The number of ether oxygens (including phenoxy) is 2. The summed E-state index contributed by atoms with van der Waals surface area (Å²) in [5.74, 6) is -4.50. The second-order valence-corrected chi connectivity index (χ2v) is 6.81. The fourth-order valence-corrected chi connectivity index (χ4v) is 3.28. The average molecular weight is 385 g/mol. The molecular weight excluding hydrogens is 348 g/mol. The smallest absolute Gasteiger partial charge is 0.382 e. The molecule has 0 spiro atoms. The first-order chi connectivity index (χ1) is 12.8. The number of unbranched alkanes of at least 4 members (excludes halogenated alkanes) is 4. The van der Waals surface area contributed by atoms with Crippen LogP contribution in [0.2, 0.25) is 0 Å². The van der Waals surface area contributed by atoms with Gasteiger partial charge in [-0.25, -0.2) is 9.59 Å². The molecule has 0 aliphatic carbocycles. The van der Waals surface area contributed by atoms with E-state index in [1.165, 1.54) is 0 Å². The Balaban J connectivity index is 5.92. The van der Waals surface area contributed by atoms with Gasteiger partial charge in [0.05, 0.1) is 6.10 Å². The molecule has 6 heteroatoms. The molecule has 2 atom stereocenters. The van der Waals surface area contributed by atoms with Crippen LogP contribution in [0.25, 0.3) is 0 Å². The van der Waals surface area contributed by atoms with E-state index in [-0.39, 0.29) is 6.42 Å². The van der Waals surface area contributed by atoms with Gasteiger partial charge in [-0.2, -0.15) is 0 Å². The first-order valence-electron chi connectivity index (χ1n) is 9.88. The van der Waals surface area contributed by atoms with Crippen LogP contribution >= 0.6 is 0 Å². The SMILES string of the molecule is C=CC(=O)OC(O)(OC(=O)C=C)C(CC)(CCCC)C(O)CCCCCC. The van der Waals surface area contributed by atoms with Gasteiger partial charge in [-0.05, 0) is 19.3 Å². The molecule has 0 aromatic carbocycles. The molecule has 0 saturated carbocycles. The molecular formula is C21H36O6. The van der Waals surface area contributed by atoms with Gasteiger partial charge >= 0.3 is 17.9 Å². The fourth-order valence-electron chi connectivity index (χ4n) is 3.28. The zero-order valence-electron chi connectivity index (χ0n) is 17.0. The van der Waals surface area contributed by atoms with E-state index in [9.17, 15) is 19.8 Å². The number of carbonyl (C=O) groups excluding carboxylic acids is 2. The average Bonchev–Trinajstić information content (AvgIpc) is 2.65. The van der Waals surface area contributed by atoms with E-state index < -0.39 is 29.4 Å². The first-order valence-corrected chi connectivity index (χ1v) is 9.88. The highest BCUT2D eigenvalue weighted by atomic mass is 16.8. The van der Waals surface area contributed by atoms with Crippen LogP contribution in [-0.4, -0.2) is 34.2 Å². The van der Waals surface area contributed by atoms with Gasteiger partial charge in [-0.3, -0.25) is 0 Å². The fraction of sp³-hybridized carbons (Fsp3) is 0.714. The van der Waals surface area contributed by atoms with E-state index >= 15 is 0 Å². The van der Waals surface area contributed by atoms with Crippen molar-refractivity contribution in [2.75, 3.05) is 0 Å². The van der Waals surface area contributed by atoms with Crippen molar-refractivity contribution in [1.29, 1.82) is 0 Å². The lowest BCUT2D eigenvalue weighted by Gasteiger charge is -2.46. The Morgan fingerprint density at radius 3 is 1.89 bits per heavy atom. The number of carbonyl (C=O) groups is 2. The molecule has 2 N–H and O–H groups in total. The van der Waals surface area contributed by atoms with Crippen LogP contribution in [0.3, 0.4) is 0 Å². The van der Waals surface area contributed by atoms with Crippen LogP contribution in [0.15, 0.2) is 25.3 Å². The van der Waals surface area contributed by atoms with Crippen molar-refractivity contribution in [3.05, 3.63) is 25.3 Å². The summed E-state index contributed by atoms with van der Waals surface area (Å²) < 4.78 is 10.2. The van der Waals surface area contributed by atoms with Gasteiger partial charge in [0.15, 0.2) is 0 Å². The summed E-state index contributed by atoms with van der Waals surface area (Å²) in [6.07, 6.45) is 6.94. The molecule has 156 valence electrons. The lowest BCUT2D eigenvalue weighted by molar-refractivity contribution is -0.391. The van der Waals surface area contributed by atoms with E-state index in [0.717, 1.165) is 44.3 Å². The van der Waals surface area contributed by atoms with E-state index in [1.54, 1.807) is 6.92 Å². The number of esters is 2. The van der Waals surface area contributed by atoms with E-state index in [0.29, 0.717) is 19.3 Å². The quantitative estimate of drug-likeness (QED) is 0.192. The molecule has 0 saturated heterocycles. The summed E-state index contributed by atoms with van der Waals surface area (Å²) >= 11 is 0. The highest BCUT2D eigenvalue weighted by molar-refractivity contribution is 5.83. The lowest BCUT2D eigenvalue weighted by atomic mass is 9.71. The van der Waals surface area contributed by atoms with Crippen molar-refractivity contribution >= 4 is 11.9 Å². The maximum Gasteiger partial charge on any atom is 0.382 e. The Hall–Kier alpha value is -1.66. The normalized spacial score (nSPS) is 14.7. The van der Waals surface area contributed by atoms with Crippen LogP contribution in [0.4, 0.5) is 0 Å². The van der Waals surface area contributed by atoms with Crippen LogP contribution in [-0.2, 0) is 19.1 Å². The zero-order valence-corrected chi connectivity index (χ0v) is 17.0. The Morgan fingerprint density at radius 2 is 1.48 bits per heavy atom. The van der Waals surface area contributed by atoms with Crippen molar-refractivity contribution in [2.45, 2.75) is 90.6 Å². The number of rotatable bonds is 15. The third kappa shape index (κ3) is 7.11. The van der Waals surface area contributed by atoms with Gasteiger partial charge in [-0.1, -0.05) is 72.5 Å². The van der Waals surface area contributed by atoms with E-state index in [1.807, 2.05) is 6.92 Å². The van der Waals surface area contributed by atoms with Gasteiger partial charge in [0.2, 0.25) is 0 Å². The largest absolute Gasteiger partial charge is 0.394 e. The maximum absolute atomic E-state index is 11.9. The predicted molar refractivity (Wildman–Crippen MR) is 105 cm³/mol. The maximum atomic E-state index is 11.9. The van der Waals surface area contributed by atoms with Gasteiger partial charge in [0.1, 0.15) is 5.41 Å². The number of aliphatic hydroxyl groups excluding tert-OH is 1. The molecule has 0 fully saturated rings. The standard InChI is InChI=1S/C21H36O6/c1-6-11-13-14-15-17(22)20(10-5,16-12-7-2)21(25,26-18(23)8-3)27-19(24)9-4/h8-9,17,22,25H,3-4,6-7,10-16H2,1-2,5H3. The molecule has 0 heterocycles. The summed E-state index contributed by atoms with van der Waals surface area (Å²) in [5, 5.41) is 22.2. The third-order valence-corrected chi connectivity index (χ3v) is 5.02. The minimum atomic E-state index is -2.61. The Bertz CT molecular complexity index is 465. The molecule has 2 unspecified atom stereocenters. The van der Waals surface area contributed by atoms with Crippen LogP contribution in [0.5, 0.6) is 0 Å². The topological polar surface area (TPSA) is 93.1 Å². The molecule has 0 bridgehead atoms. The Labute approximate surface area is 163 Å². The van der Waals surface area contributed by atoms with Crippen LogP contribution < -0.4 is 0 Å². The number of hydrogen-bond acceptors (Lipinski definition) is 6. The molecule has 0 amide bonds. The second-order valence-electron chi connectivity index (χ2n) is 6.81. The molecule has 0 radical (unpaired) electrons. The second kappa shape index (κ2) is 12.7. The highest BCUT2D eigenvalue weighted by Crippen LogP contribution is 2.46. The summed E-state index contributed by atoms with van der Waals surface area (Å²) in [5.41, 5.74) is -1.35. The van der Waals surface area contributed by atoms with Crippen molar-refractivity contribution in [3.63, 3.8) is 0 Å². The van der Waals surface area contributed by atoms with Gasteiger partial charge in [0.25, 0.3) is 0 Å². The lowest BCUT2D eigenvalue weighted by Crippen LogP contribution is -2.59. The van der Waals surface area contributed by atoms with Crippen molar-refractivity contribution in [2.24, 2.45) is 5.41 Å². The Kier molecular flexibility index (Phi) is 11.9. The van der Waals surface area contributed by atoms with Crippen LogP contribution in [0, 0.1) is 5.41 Å². The molecule has 0 aliphatic heterocycles. The van der Waals surface area contributed by atoms with E-state index in [2.05, 4.69) is 20.1 Å². The third-order valence-electron chi connectivity index (χ3n) is 5.02. The van der Waals surface area contributed by atoms with Gasteiger partial charge in [-0.15, -0.1) is 0 Å². The number of aliphatic hydroxyl groups is 2. The predicted octanol–water partition coefficient (Wildman–Crippen LogP) is 4.01. The minimum Gasteiger partial charge on any atom is -0.394 e. The summed E-state index contributed by atoms with van der Waals surface area (Å²) in [6.45, 7) is 12.5. The zero-order chi connectivity index (χ0) is 20.9. The van der Waals surface area contributed by atoms with Gasteiger partial charge in [0, 0.05) is 12.2 Å². The summed E-state index contributed by atoms with van der Waals surface area (Å²) in [6, 6.07) is 0. The van der Waals surface area contributed by atoms with Crippen molar-refractivity contribution in [3.8, 4) is 0 Å². The molecule has 0 rings (SSSR count). The summed E-state index contributed by atoms with van der Waals surface area (Å²) in [4.78, 5) is 23.7. The molecule has 27 heavy (non-hydrogen) atoms. The molecule has 6 nitrogen and oxygen atoms in total. The van der Waals surface area contributed by atoms with Gasteiger partial charge < -0.3 is 19.7 Å². The molecule has 0 aromatic rings. The monoisotopic (exact) mass is 384 g/mol.